The number of ether oxygens (including phenoxy) is 1. The van der Waals surface area contributed by atoms with E-state index in [2.05, 4.69) is 5.10 Å². The number of rotatable bonds is 6. The van der Waals surface area contributed by atoms with Crippen LogP contribution in [0.1, 0.15) is 46.1 Å². The monoisotopic (exact) mass is 378 g/mol. The first-order chi connectivity index (χ1) is 13.5. The molecule has 2 aromatic heterocycles. The predicted octanol–water partition coefficient (Wildman–Crippen LogP) is 3.61. The molecule has 0 spiro atoms. The van der Waals surface area contributed by atoms with E-state index >= 15 is 0 Å². The summed E-state index contributed by atoms with van der Waals surface area (Å²) in [6, 6.07) is 9.87. The molecule has 3 aromatic rings. The van der Waals surface area contributed by atoms with Crippen molar-refractivity contribution in [3.63, 3.8) is 0 Å². The molecule has 0 aliphatic heterocycles. The summed E-state index contributed by atoms with van der Waals surface area (Å²) in [5.74, 6) is 1.31. The number of likely N-dealkylation sites (N-methyl/N-ethyl adjacent to an activating group) is 1. The Morgan fingerprint density at radius 2 is 2.04 bits per heavy atom. The Kier molecular flexibility index (Phi) is 4.79. The van der Waals surface area contributed by atoms with Gasteiger partial charge in [-0.1, -0.05) is 18.2 Å². The van der Waals surface area contributed by atoms with E-state index in [0.717, 1.165) is 46.6 Å². The van der Waals surface area contributed by atoms with E-state index < -0.39 is 0 Å². The fourth-order valence-corrected chi connectivity index (χ4v) is 3.54. The van der Waals surface area contributed by atoms with Gasteiger partial charge in [0.25, 0.3) is 5.91 Å². The van der Waals surface area contributed by atoms with Crippen molar-refractivity contribution in [2.24, 2.45) is 7.05 Å². The van der Waals surface area contributed by atoms with Crippen LogP contribution < -0.4 is 4.74 Å². The molecule has 1 saturated carbocycles. The Morgan fingerprint density at radius 3 is 2.75 bits per heavy atom. The Balaban J connectivity index is 1.55. The number of hydrogen-bond acceptors (Lipinski definition) is 4. The third-order valence-corrected chi connectivity index (χ3v) is 5.34. The van der Waals surface area contributed by atoms with E-state index in [1.54, 1.807) is 9.58 Å². The van der Waals surface area contributed by atoms with Crippen LogP contribution in [-0.2, 0) is 7.05 Å². The molecule has 4 rings (SSSR count). The van der Waals surface area contributed by atoms with Gasteiger partial charge in [0.15, 0.2) is 5.65 Å². The number of carbonyl (C=O) groups excluding carboxylic acids is 1. The van der Waals surface area contributed by atoms with Gasteiger partial charge in [-0.2, -0.15) is 5.10 Å². The van der Waals surface area contributed by atoms with Crippen molar-refractivity contribution in [2.75, 3.05) is 20.2 Å². The minimum Gasteiger partial charge on any atom is -0.491 e. The highest BCUT2D eigenvalue weighted by atomic mass is 16.5. The number of para-hydroxylation sites is 1. The van der Waals surface area contributed by atoms with Gasteiger partial charge in [0.2, 0.25) is 0 Å². The van der Waals surface area contributed by atoms with Gasteiger partial charge >= 0.3 is 0 Å². The van der Waals surface area contributed by atoms with Gasteiger partial charge < -0.3 is 9.64 Å². The third kappa shape index (κ3) is 3.46. The molecule has 0 unspecified atom stereocenters. The summed E-state index contributed by atoms with van der Waals surface area (Å²) >= 11 is 0. The topological polar surface area (TPSA) is 60.2 Å². The number of nitrogens with zero attached hydrogens (tertiary/aromatic N) is 4. The number of carbonyl (C=O) groups is 1. The van der Waals surface area contributed by atoms with Crippen LogP contribution in [0.4, 0.5) is 0 Å². The third-order valence-electron chi connectivity index (χ3n) is 5.34. The summed E-state index contributed by atoms with van der Waals surface area (Å²) in [6.07, 6.45) is 2.28. The Morgan fingerprint density at radius 1 is 1.29 bits per heavy atom. The van der Waals surface area contributed by atoms with Crippen molar-refractivity contribution < 1.29 is 9.53 Å². The van der Waals surface area contributed by atoms with E-state index in [9.17, 15) is 4.79 Å². The zero-order chi connectivity index (χ0) is 19.8. The lowest BCUT2D eigenvalue weighted by molar-refractivity contribution is 0.0775. The minimum atomic E-state index is -0.0150. The molecular weight excluding hydrogens is 352 g/mol. The van der Waals surface area contributed by atoms with Crippen LogP contribution in [0.3, 0.4) is 0 Å². The first-order valence-electron chi connectivity index (χ1n) is 9.74. The fourth-order valence-electron chi connectivity index (χ4n) is 3.54. The van der Waals surface area contributed by atoms with Gasteiger partial charge in [0.05, 0.1) is 23.2 Å². The lowest BCUT2D eigenvalue weighted by Crippen LogP contribution is -2.31. The molecule has 1 aliphatic rings. The van der Waals surface area contributed by atoms with Gasteiger partial charge in [0.1, 0.15) is 12.4 Å². The molecule has 28 heavy (non-hydrogen) atoms. The molecule has 1 amide bonds. The van der Waals surface area contributed by atoms with Crippen molar-refractivity contribution in [2.45, 2.75) is 32.6 Å². The van der Waals surface area contributed by atoms with Crippen LogP contribution in [0, 0.1) is 13.8 Å². The molecule has 0 atom stereocenters. The second-order valence-electron chi connectivity index (χ2n) is 7.62. The maximum Gasteiger partial charge on any atom is 0.254 e. The van der Waals surface area contributed by atoms with Gasteiger partial charge in [0, 0.05) is 25.7 Å². The fraction of sp³-hybridized carbons (Fsp3) is 0.409. The number of fused-ring (bicyclic) bond motifs is 1. The lowest BCUT2D eigenvalue weighted by atomic mass is 10.1. The molecule has 1 aromatic carbocycles. The predicted molar refractivity (Wildman–Crippen MR) is 109 cm³/mol. The Labute approximate surface area is 165 Å². The quantitative estimate of drug-likeness (QED) is 0.657. The highest BCUT2D eigenvalue weighted by Crippen LogP contribution is 2.40. The highest BCUT2D eigenvalue weighted by Gasteiger charge is 2.29. The van der Waals surface area contributed by atoms with Crippen molar-refractivity contribution in [3.05, 3.63) is 52.8 Å². The second kappa shape index (κ2) is 7.26. The van der Waals surface area contributed by atoms with Gasteiger partial charge in [-0.3, -0.25) is 9.48 Å². The van der Waals surface area contributed by atoms with Crippen molar-refractivity contribution in [1.82, 2.24) is 19.7 Å². The summed E-state index contributed by atoms with van der Waals surface area (Å²) in [6.45, 7) is 4.90. The normalized spacial score (nSPS) is 13.7. The summed E-state index contributed by atoms with van der Waals surface area (Å²) in [7, 11) is 3.70. The van der Waals surface area contributed by atoms with E-state index in [4.69, 9.17) is 9.72 Å². The summed E-state index contributed by atoms with van der Waals surface area (Å²) in [5.41, 5.74) is 4.40. The highest BCUT2D eigenvalue weighted by molar-refractivity contribution is 6.06. The Hall–Kier alpha value is -2.89. The Bertz CT molecular complexity index is 1040. The maximum atomic E-state index is 13.2. The molecule has 6 nitrogen and oxygen atoms in total. The van der Waals surface area contributed by atoms with Gasteiger partial charge in [-0.25, -0.2) is 4.98 Å². The molecule has 146 valence electrons. The van der Waals surface area contributed by atoms with E-state index in [0.29, 0.717) is 24.6 Å². The molecular formula is C22H26N4O2. The van der Waals surface area contributed by atoms with Crippen LogP contribution in [0.2, 0.25) is 0 Å². The van der Waals surface area contributed by atoms with Crippen molar-refractivity contribution in [1.29, 1.82) is 0 Å². The average Bonchev–Trinajstić information content (AvgIpc) is 3.48. The van der Waals surface area contributed by atoms with E-state index in [-0.39, 0.29) is 5.91 Å². The van der Waals surface area contributed by atoms with E-state index in [1.165, 1.54) is 0 Å². The first-order valence-corrected chi connectivity index (χ1v) is 9.74. The van der Waals surface area contributed by atoms with Gasteiger partial charge in [-0.15, -0.1) is 0 Å². The van der Waals surface area contributed by atoms with E-state index in [1.807, 2.05) is 58.3 Å². The largest absolute Gasteiger partial charge is 0.491 e. The van der Waals surface area contributed by atoms with Crippen LogP contribution in [0.5, 0.6) is 5.75 Å². The van der Waals surface area contributed by atoms with Crippen molar-refractivity contribution >= 4 is 16.9 Å². The summed E-state index contributed by atoms with van der Waals surface area (Å²) < 4.78 is 7.63. The smallest absolute Gasteiger partial charge is 0.254 e. The number of benzene rings is 1. The number of amides is 1. The molecule has 2 heterocycles. The summed E-state index contributed by atoms with van der Waals surface area (Å²) in [5, 5.41) is 5.33. The number of pyridine rings is 1. The average molecular weight is 378 g/mol. The minimum absolute atomic E-state index is 0.0150. The van der Waals surface area contributed by atoms with Crippen LogP contribution >= 0.6 is 0 Å². The number of hydrogen-bond donors (Lipinski definition) is 0. The molecule has 0 radical (unpaired) electrons. The molecule has 1 aliphatic carbocycles. The second-order valence-corrected chi connectivity index (χ2v) is 7.62. The zero-order valence-electron chi connectivity index (χ0n) is 16.9. The molecule has 6 heteroatoms. The van der Waals surface area contributed by atoms with Crippen molar-refractivity contribution in [3.8, 4) is 5.75 Å². The molecule has 0 saturated heterocycles. The number of aromatic nitrogens is 3. The SMILES string of the molecule is Cc1ccccc1OCCN(C)C(=O)c1cc(C2CC2)nc2c1c(C)nn2C. The maximum absolute atomic E-state index is 13.2. The molecule has 0 bridgehead atoms. The van der Waals surface area contributed by atoms with Crippen LogP contribution in [0.15, 0.2) is 30.3 Å². The number of aryl methyl sites for hydroxylation is 3. The standard InChI is InChI=1S/C22H26N4O2/c1-14-7-5-6-8-19(14)28-12-11-25(3)22(27)17-13-18(16-9-10-16)23-21-20(17)15(2)24-26(21)4/h5-8,13,16H,9-12H2,1-4H3. The summed E-state index contributed by atoms with van der Waals surface area (Å²) in [4.78, 5) is 19.7. The van der Waals surface area contributed by atoms with Crippen LogP contribution in [-0.4, -0.2) is 45.8 Å². The lowest BCUT2D eigenvalue weighted by Gasteiger charge is -2.19. The first kappa shape index (κ1) is 18.5. The van der Waals surface area contributed by atoms with Gasteiger partial charge in [-0.05, 0) is 44.4 Å². The molecule has 0 N–H and O–H groups in total. The zero-order valence-corrected chi connectivity index (χ0v) is 16.9. The molecule has 1 fully saturated rings. The van der Waals surface area contributed by atoms with Crippen LogP contribution in [0.25, 0.3) is 11.0 Å².